The maximum Gasteiger partial charge on any atom is 0.119 e. The van der Waals surface area contributed by atoms with Crippen LogP contribution in [0.3, 0.4) is 0 Å². The average molecular weight is 321 g/mol. The Kier molecular flexibility index (Phi) is 7.39. The molecule has 1 aromatic heterocycles. The van der Waals surface area contributed by atoms with Crippen LogP contribution in [0.2, 0.25) is 0 Å². The minimum atomic E-state index is -0.485. The van der Waals surface area contributed by atoms with Crippen LogP contribution < -0.4 is 4.74 Å². The molecule has 1 N–H and O–H groups in total. The molecule has 0 saturated carbocycles. The first-order chi connectivity index (χ1) is 10.7. The van der Waals surface area contributed by atoms with E-state index in [0.29, 0.717) is 26.4 Å². The first-order valence-electron chi connectivity index (χ1n) is 7.38. The lowest BCUT2D eigenvalue weighted by atomic mass is 10.3. The van der Waals surface area contributed by atoms with E-state index in [0.717, 1.165) is 12.3 Å². The lowest BCUT2D eigenvalue weighted by Gasteiger charge is -2.20. The van der Waals surface area contributed by atoms with Gasteiger partial charge in [-0.3, -0.25) is 0 Å². The minimum Gasteiger partial charge on any atom is -0.492 e. The van der Waals surface area contributed by atoms with Crippen molar-refractivity contribution in [2.45, 2.75) is 12.7 Å². The maximum atomic E-state index is 9.96. The largest absolute Gasteiger partial charge is 0.492 e. The quantitative estimate of drug-likeness (QED) is 0.730. The zero-order chi connectivity index (χ0) is 15.6. The molecular weight excluding hydrogens is 298 g/mol. The zero-order valence-corrected chi connectivity index (χ0v) is 13.7. The van der Waals surface area contributed by atoms with Gasteiger partial charge in [0.15, 0.2) is 0 Å². The molecule has 0 radical (unpaired) electrons. The Morgan fingerprint density at radius 2 is 2.00 bits per heavy atom. The third-order valence-corrected chi connectivity index (χ3v) is 3.99. The number of likely N-dealkylation sites (N-methyl/N-ethyl adjacent to an activating group) is 1. The van der Waals surface area contributed by atoms with Crippen molar-refractivity contribution in [1.82, 2.24) is 4.90 Å². The lowest BCUT2D eigenvalue weighted by Crippen LogP contribution is -2.34. The highest BCUT2D eigenvalue weighted by molar-refractivity contribution is 7.09. The summed E-state index contributed by atoms with van der Waals surface area (Å²) in [7, 11) is 1.97. The number of nitrogens with zero attached hydrogens (tertiary/aromatic N) is 1. The number of ether oxygens (including phenoxy) is 2. The standard InChI is InChI=1S/C17H23NO3S/c1-18(9-10-21-16-6-3-2-4-7-16)12-15(19)13-20-14-17-8-5-11-22-17/h2-8,11,15,19H,9-10,12-14H2,1H3. The van der Waals surface area contributed by atoms with E-state index in [9.17, 15) is 5.11 Å². The number of aliphatic hydroxyl groups is 1. The van der Waals surface area contributed by atoms with Gasteiger partial charge in [0.1, 0.15) is 12.4 Å². The molecule has 0 aliphatic heterocycles. The van der Waals surface area contributed by atoms with E-state index in [4.69, 9.17) is 9.47 Å². The Labute approximate surface area is 135 Å². The Balaban J connectivity index is 1.54. The summed E-state index contributed by atoms with van der Waals surface area (Å²) in [4.78, 5) is 3.22. The highest BCUT2D eigenvalue weighted by atomic mass is 32.1. The molecule has 0 spiro atoms. The van der Waals surface area contributed by atoms with Gasteiger partial charge in [0.2, 0.25) is 0 Å². The number of benzene rings is 1. The second-order valence-corrected chi connectivity index (χ2v) is 6.20. The van der Waals surface area contributed by atoms with E-state index in [2.05, 4.69) is 0 Å². The summed E-state index contributed by atoms with van der Waals surface area (Å²) >= 11 is 1.66. The highest BCUT2D eigenvalue weighted by Gasteiger charge is 2.09. The van der Waals surface area contributed by atoms with Crippen LogP contribution in [0, 0.1) is 0 Å². The van der Waals surface area contributed by atoms with E-state index in [1.54, 1.807) is 11.3 Å². The van der Waals surface area contributed by atoms with Crippen LogP contribution in [0.25, 0.3) is 0 Å². The van der Waals surface area contributed by atoms with Gasteiger partial charge in [0.25, 0.3) is 0 Å². The molecule has 120 valence electrons. The summed E-state index contributed by atoms with van der Waals surface area (Å²) in [5.74, 6) is 0.871. The first kappa shape index (κ1) is 17.0. The highest BCUT2D eigenvalue weighted by Crippen LogP contribution is 2.10. The Bertz CT molecular complexity index is 504. The number of hydrogen-bond acceptors (Lipinski definition) is 5. The third-order valence-electron chi connectivity index (χ3n) is 3.14. The van der Waals surface area contributed by atoms with E-state index in [1.165, 1.54) is 4.88 Å². The second kappa shape index (κ2) is 9.58. The van der Waals surface area contributed by atoms with Gasteiger partial charge in [0, 0.05) is 18.0 Å². The van der Waals surface area contributed by atoms with Crippen molar-refractivity contribution in [2.75, 3.05) is 33.4 Å². The maximum absolute atomic E-state index is 9.96. The molecule has 4 nitrogen and oxygen atoms in total. The van der Waals surface area contributed by atoms with Crippen molar-refractivity contribution in [3.05, 3.63) is 52.7 Å². The average Bonchev–Trinajstić information content (AvgIpc) is 3.01. The van der Waals surface area contributed by atoms with Crippen LogP contribution in [-0.2, 0) is 11.3 Å². The molecular formula is C17H23NO3S. The molecule has 5 heteroatoms. The topological polar surface area (TPSA) is 41.9 Å². The van der Waals surface area contributed by atoms with Crippen LogP contribution in [0.1, 0.15) is 4.88 Å². The molecule has 0 saturated heterocycles. The van der Waals surface area contributed by atoms with Gasteiger partial charge in [0.05, 0.1) is 19.3 Å². The molecule has 2 rings (SSSR count). The summed E-state index contributed by atoms with van der Waals surface area (Å²) in [6, 6.07) is 13.8. The molecule has 0 aliphatic rings. The number of para-hydroxylation sites is 1. The molecule has 22 heavy (non-hydrogen) atoms. The molecule has 2 aromatic rings. The summed E-state index contributed by atoms with van der Waals surface area (Å²) < 4.78 is 11.2. The van der Waals surface area contributed by atoms with Gasteiger partial charge in [-0.1, -0.05) is 24.3 Å². The summed E-state index contributed by atoms with van der Waals surface area (Å²) in [6.07, 6.45) is -0.485. The van der Waals surface area contributed by atoms with Crippen LogP contribution >= 0.6 is 11.3 Å². The van der Waals surface area contributed by atoms with E-state index in [-0.39, 0.29) is 0 Å². The van der Waals surface area contributed by atoms with Gasteiger partial charge >= 0.3 is 0 Å². The van der Waals surface area contributed by atoms with E-state index >= 15 is 0 Å². The van der Waals surface area contributed by atoms with Gasteiger partial charge in [-0.25, -0.2) is 0 Å². The number of thiophene rings is 1. The number of aliphatic hydroxyl groups excluding tert-OH is 1. The van der Waals surface area contributed by atoms with Crippen LogP contribution in [-0.4, -0.2) is 49.5 Å². The number of rotatable bonds is 10. The van der Waals surface area contributed by atoms with E-state index in [1.807, 2.05) is 59.8 Å². The van der Waals surface area contributed by atoms with Gasteiger partial charge in [-0.2, -0.15) is 0 Å². The smallest absolute Gasteiger partial charge is 0.119 e. The molecule has 1 unspecified atom stereocenters. The van der Waals surface area contributed by atoms with Crippen LogP contribution in [0.15, 0.2) is 47.8 Å². The predicted molar refractivity (Wildman–Crippen MR) is 89.4 cm³/mol. The molecule has 1 heterocycles. The van der Waals surface area contributed by atoms with Crippen molar-refractivity contribution in [1.29, 1.82) is 0 Å². The molecule has 0 aliphatic carbocycles. The Hall–Kier alpha value is -1.40. The van der Waals surface area contributed by atoms with Gasteiger partial charge in [-0.15, -0.1) is 11.3 Å². The van der Waals surface area contributed by atoms with E-state index < -0.39 is 6.10 Å². The molecule has 1 atom stereocenters. The molecule has 0 fully saturated rings. The number of hydrogen-bond donors (Lipinski definition) is 1. The van der Waals surface area contributed by atoms with Crippen molar-refractivity contribution in [3.63, 3.8) is 0 Å². The summed E-state index contributed by atoms with van der Waals surface area (Å²) in [6.45, 7) is 2.85. The fraction of sp³-hybridized carbons (Fsp3) is 0.412. The summed E-state index contributed by atoms with van der Waals surface area (Å²) in [5.41, 5.74) is 0. The van der Waals surface area contributed by atoms with Crippen LogP contribution in [0.4, 0.5) is 0 Å². The fourth-order valence-corrected chi connectivity index (χ4v) is 2.67. The normalized spacial score (nSPS) is 12.5. The molecule has 0 bridgehead atoms. The lowest BCUT2D eigenvalue weighted by molar-refractivity contribution is 0.0132. The SMILES string of the molecule is CN(CCOc1ccccc1)CC(O)COCc1cccs1. The predicted octanol–water partition coefficient (Wildman–Crippen LogP) is 2.64. The van der Waals surface area contributed by atoms with Crippen molar-refractivity contribution in [3.8, 4) is 5.75 Å². The molecule has 0 amide bonds. The summed E-state index contributed by atoms with van der Waals surface area (Å²) in [5, 5.41) is 12.0. The minimum absolute atomic E-state index is 0.349. The molecule has 1 aromatic carbocycles. The Morgan fingerprint density at radius 3 is 2.73 bits per heavy atom. The van der Waals surface area contributed by atoms with Crippen molar-refractivity contribution >= 4 is 11.3 Å². The zero-order valence-electron chi connectivity index (χ0n) is 12.9. The first-order valence-corrected chi connectivity index (χ1v) is 8.26. The third kappa shape index (κ3) is 6.58. The fourth-order valence-electron chi connectivity index (χ4n) is 2.03. The monoisotopic (exact) mass is 321 g/mol. The van der Waals surface area contributed by atoms with Crippen molar-refractivity contribution < 1.29 is 14.6 Å². The van der Waals surface area contributed by atoms with Gasteiger partial charge in [-0.05, 0) is 30.6 Å². The van der Waals surface area contributed by atoms with Crippen LogP contribution in [0.5, 0.6) is 5.75 Å². The second-order valence-electron chi connectivity index (χ2n) is 5.17. The van der Waals surface area contributed by atoms with Gasteiger partial charge < -0.3 is 19.5 Å². The Morgan fingerprint density at radius 1 is 1.18 bits per heavy atom. The van der Waals surface area contributed by atoms with Crippen molar-refractivity contribution in [2.24, 2.45) is 0 Å².